The minimum Gasteiger partial charge on any atom is -0.488 e. The van der Waals surface area contributed by atoms with E-state index in [9.17, 15) is 13.2 Å². The maximum Gasteiger partial charge on any atom is 0.417 e. The van der Waals surface area contributed by atoms with Gasteiger partial charge >= 0.3 is 6.18 Å². The highest BCUT2D eigenvalue weighted by atomic mass is 79.9. The molecule has 1 N–H and O–H groups in total. The SMILES string of the molecule is FC(F)(F)c1ccc(N/N=C\c2ccc(OCc3ccc(Cl)cc3Cl)c(Br)c2)nc1. The van der Waals surface area contributed by atoms with Gasteiger partial charge in [-0.15, -0.1) is 0 Å². The quantitative estimate of drug-likeness (QED) is 0.277. The monoisotopic (exact) mass is 517 g/mol. The van der Waals surface area contributed by atoms with E-state index in [-0.39, 0.29) is 12.4 Å². The van der Waals surface area contributed by atoms with E-state index in [4.69, 9.17) is 27.9 Å². The van der Waals surface area contributed by atoms with Crippen molar-refractivity contribution in [3.63, 3.8) is 0 Å². The molecule has 0 amide bonds. The summed E-state index contributed by atoms with van der Waals surface area (Å²) in [5.74, 6) is 0.800. The van der Waals surface area contributed by atoms with Gasteiger partial charge in [-0.1, -0.05) is 29.3 Å². The molecular weight excluding hydrogens is 506 g/mol. The highest BCUT2D eigenvalue weighted by molar-refractivity contribution is 9.10. The Morgan fingerprint density at radius 2 is 1.90 bits per heavy atom. The van der Waals surface area contributed by atoms with Crippen LogP contribution in [0.5, 0.6) is 5.75 Å². The number of aromatic nitrogens is 1. The molecule has 0 atom stereocenters. The van der Waals surface area contributed by atoms with E-state index in [2.05, 4.69) is 31.4 Å². The molecule has 0 bridgehead atoms. The first-order valence-electron chi connectivity index (χ1n) is 8.41. The number of hydrogen-bond donors (Lipinski definition) is 1. The molecule has 4 nitrogen and oxygen atoms in total. The van der Waals surface area contributed by atoms with Gasteiger partial charge in [0.15, 0.2) is 0 Å². The minimum absolute atomic E-state index is 0.193. The summed E-state index contributed by atoms with van der Waals surface area (Å²) in [6, 6.07) is 12.6. The first kappa shape index (κ1) is 22.4. The number of hydrazone groups is 1. The first-order valence-corrected chi connectivity index (χ1v) is 9.96. The highest BCUT2D eigenvalue weighted by Gasteiger charge is 2.30. The van der Waals surface area contributed by atoms with E-state index in [1.807, 2.05) is 0 Å². The molecule has 0 radical (unpaired) electrons. The fourth-order valence-electron chi connectivity index (χ4n) is 2.31. The molecule has 1 aromatic heterocycles. The third-order valence-corrected chi connectivity index (χ3v) is 5.04. The van der Waals surface area contributed by atoms with E-state index >= 15 is 0 Å². The summed E-state index contributed by atoms with van der Waals surface area (Å²) in [6.07, 6.45) is -2.18. The second kappa shape index (κ2) is 9.68. The summed E-state index contributed by atoms with van der Waals surface area (Å²) < 4.78 is 44.1. The number of alkyl halides is 3. The summed E-state index contributed by atoms with van der Waals surface area (Å²) in [5, 5.41) is 5.05. The number of nitrogens with one attached hydrogen (secondary N) is 1. The van der Waals surface area contributed by atoms with Gasteiger partial charge in [0.05, 0.1) is 16.3 Å². The van der Waals surface area contributed by atoms with Crippen molar-refractivity contribution in [2.75, 3.05) is 5.43 Å². The average Bonchev–Trinajstić information content (AvgIpc) is 2.68. The number of ether oxygens (including phenoxy) is 1. The Bertz CT molecular complexity index is 1060. The second-order valence-corrected chi connectivity index (χ2v) is 7.71. The second-order valence-electron chi connectivity index (χ2n) is 6.01. The van der Waals surface area contributed by atoms with Crippen LogP contribution in [0.1, 0.15) is 16.7 Å². The lowest BCUT2D eigenvalue weighted by atomic mass is 10.2. The van der Waals surface area contributed by atoms with Gasteiger partial charge in [-0.3, -0.25) is 5.43 Å². The molecule has 0 aliphatic heterocycles. The molecule has 156 valence electrons. The van der Waals surface area contributed by atoms with Gasteiger partial charge in [0.25, 0.3) is 0 Å². The van der Waals surface area contributed by atoms with E-state index in [0.29, 0.717) is 20.3 Å². The molecule has 10 heteroatoms. The Balaban J connectivity index is 1.59. The maximum absolute atomic E-state index is 12.5. The van der Waals surface area contributed by atoms with Gasteiger partial charge in [-0.2, -0.15) is 18.3 Å². The van der Waals surface area contributed by atoms with Crippen LogP contribution >= 0.6 is 39.1 Å². The maximum atomic E-state index is 12.5. The van der Waals surface area contributed by atoms with Crippen molar-refractivity contribution in [3.05, 3.63) is 85.9 Å². The summed E-state index contributed by atoms with van der Waals surface area (Å²) in [5.41, 5.74) is 3.29. The van der Waals surface area contributed by atoms with Crippen LogP contribution in [-0.2, 0) is 12.8 Å². The van der Waals surface area contributed by atoms with E-state index < -0.39 is 11.7 Å². The number of nitrogens with zero attached hydrogens (tertiary/aromatic N) is 2. The van der Waals surface area contributed by atoms with Gasteiger partial charge in [0.1, 0.15) is 18.2 Å². The fourth-order valence-corrected chi connectivity index (χ4v) is 3.28. The van der Waals surface area contributed by atoms with Crippen LogP contribution in [-0.4, -0.2) is 11.2 Å². The summed E-state index contributed by atoms with van der Waals surface area (Å²) in [4.78, 5) is 3.68. The molecule has 0 aliphatic rings. The lowest BCUT2D eigenvalue weighted by Gasteiger charge is -2.10. The predicted molar refractivity (Wildman–Crippen MR) is 115 cm³/mol. The largest absolute Gasteiger partial charge is 0.488 e. The summed E-state index contributed by atoms with van der Waals surface area (Å²) >= 11 is 15.5. The number of rotatable bonds is 6. The normalized spacial score (nSPS) is 11.7. The van der Waals surface area contributed by atoms with Crippen LogP contribution in [0.25, 0.3) is 0 Å². The first-order chi connectivity index (χ1) is 14.2. The van der Waals surface area contributed by atoms with Crippen molar-refractivity contribution in [3.8, 4) is 5.75 Å². The minimum atomic E-state index is -4.43. The Morgan fingerprint density at radius 1 is 1.10 bits per heavy atom. The fraction of sp³-hybridized carbons (Fsp3) is 0.100. The van der Waals surface area contributed by atoms with Crippen molar-refractivity contribution < 1.29 is 17.9 Å². The molecule has 0 aliphatic carbocycles. The van der Waals surface area contributed by atoms with Crippen molar-refractivity contribution >= 4 is 51.2 Å². The lowest BCUT2D eigenvalue weighted by molar-refractivity contribution is -0.137. The van der Waals surface area contributed by atoms with Crippen LogP contribution in [0, 0.1) is 0 Å². The predicted octanol–water partition coefficient (Wildman–Crippen LogP) is 7.19. The van der Waals surface area contributed by atoms with Crippen molar-refractivity contribution in [2.45, 2.75) is 12.8 Å². The zero-order valence-corrected chi connectivity index (χ0v) is 18.1. The average molecular weight is 519 g/mol. The molecule has 3 rings (SSSR count). The zero-order chi connectivity index (χ0) is 21.7. The molecule has 3 aromatic rings. The Kier molecular flexibility index (Phi) is 7.23. The van der Waals surface area contributed by atoms with Crippen LogP contribution in [0.15, 0.2) is 64.3 Å². The number of anilines is 1. The Labute approximate surface area is 188 Å². The van der Waals surface area contributed by atoms with E-state index in [0.717, 1.165) is 23.4 Å². The van der Waals surface area contributed by atoms with Crippen LogP contribution < -0.4 is 10.2 Å². The zero-order valence-electron chi connectivity index (χ0n) is 15.1. The Morgan fingerprint density at radius 3 is 2.53 bits per heavy atom. The van der Waals surface area contributed by atoms with Crippen molar-refractivity contribution in [2.24, 2.45) is 5.10 Å². The van der Waals surface area contributed by atoms with Gasteiger partial charge in [0.2, 0.25) is 0 Å². The standard InChI is InChI=1S/C20H13BrCl2F3N3O/c21-16-7-12(9-28-29-19-6-3-14(10-27-19)20(24,25)26)1-5-18(16)30-11-13-2-4-15(22)8-17(13)23/h1-10H,11H2,(H,27,29)/b28-9-. The molecular formula is C20H13BrCl2F3N3O. The number of benzene rings is 2. The molecule has 0 fully saturated rings. The van der Waals surface area contributed by atoms with Gasteiger partial charge in [0, 0.05) is 21.8 Å². The Hall–Kier alpha value is -2.29. The van der Waals surface area contributed by atoms with Crippen molar-refractivity contribution in [1.82, 2.24) is 4.98 Å². The van der Waals surface area contributed by atoms with E-state index in [1.165, 1.54) is 12.3 Å². The molecule has 1 heterocycles. The van der Waals surface area contributed by atoms with Gasteiger partial charge in [-0.25, -0.2) is 4.98 Å². The molecule has 30 heavy (non-hydrogen) atoms. The number of pyridine rings is 1. The molecule has 0 saturated heterocycles. The summed E-state index contributed by atoms with van der Waals surface area (Å²) in [6.45, 7) is 0.267. The number of halogens is 6. The number of hydrogen-bond acceptors (Lipinski definition) is 4. The van der Waals surface area contributed by atoms with Crippen LogP contribution in [0.3, 0.4) is 0 Å². The third-order valence-electron chi connectivity index (χ3n) is 3.84. The molecule has 0 unspecified atom stereocenters. The molecule has 0 spiro atoms. The van der Waals surface area contributed by atoms with Crippen LogP contribution in [0.4, 0.5) is 19.0 Å². The smallest absolute Gasteiger partial charge is 0.417 e. The van der Waals surface area contributed by atoms with Crippen molar-refractivity contribution in [1.29, 1.82) is 0 Å². The van der Waals surface area contributed by atoms with Gasteiger partial charge < -0.3 is 4.74 Å². The molecule has 0 saturated carbocycles. The van der Waals surface area contributed by atoms with E-state index in [1.54, 1.807) is 36.4 Å². The lowest BCUT2D eigenvalue weighted by Crippen LogP contribution is -2.05. The van der Waals surface area contributed by atoms with Gasteiger partial charge in [-0.05, 0) is 64.0 Å². The third kappa shape index (κ3) is 6.10. The van der Waals surface area contributed by atoms with Crippen LogP contribution in [0.2, 0.25) is 10.0 Å². The molecule has 2 aromatic carbocycles. The summed E-state index contributed by atoms with van der Waals surface area (Å²) in [7, 11) is 0. The topological polar surface area (TPSA) is 46.5 Å². The highest BCUT2D eigenvalue weighted by Crippen LogP contribution is 2.29.